The fourth-order valence-electron chi connectivity index (χ4n) is 8.64. The van der Waals surface area contributed by atoms with Crippen LogP contribution in [0.15, 0.2) is 197 Å². The second-order valence-electron chi connectivity index (χ2n) is 24.1. The number of carbonyl (C=O) groups excluding carboxylic acids is 2. The van der Waals surface area contributed by atoms with Crippen LogP contribution in [0.1, 0.15) is 121 Å². The van der Waals surface area contributed by atoms with Crippen LogP contribution in [0.25, 0.3) is 11.0 Å². The van der Waals surface area contributed by atoms with Gasteiger partial charge in [0, 0.05) is 109 Å². The van der Waals surface area contributed by atoms with E-state index in [1.807, 2.05) is 52.0 Å². The zero-order valence-corrected chi connectivity index (χ0v) is 70.8. The molecule has 1 saturated heterocycles. The highest BCUT2D eigenvalue weighted by Gasteiger charge is 2.52. The highest BCUT2D eigenvalue weighted by molar-refractivity contribution is 9.10. The van der Waals surface area contributed by atoms with Gasteiger partial charge < -0.3 is 102 Å². The lowest BCUT2D eigenvalue weighted by Gasteiger charge is -2.32. The predicted octanol–water partition coefficient (Wildman–Crippen LogP) is 20.7. The minimum Gasteiger partial charge on any atom is -0.506 e. The third-order valence-electron chi connectivity index (χ3n) is 15.5. The number of ether oxygens (including phenoxy) is 13. The number of aromatic nitrogens is 9. The van der Waals surface area contributed by atoms with Crippen LogP contribution in [0.4, 0.5) is 31.7 Å². The van der Waals surface area contributed by atoms with Gasteiger partial charge in [0.1, 0.15) is 40.3 Å². The van der Waals surface area contributed by atoms with Crippen LogP contribution in [-0.4, -0.2) is 189 Å². The number of benzene rings is 2. The number of aliphatic imine (C=N–C) groups is 1. The number of nitrogens with one attached hydrogen (secondary N) is 1. The number of pyridine rings is 9. The summed E-state index contributed by atoms with van der Waals surface area (Å²) >= 11 is 14.7. The van der Waals surface area contributed by atoms with Crippen molar-refractivity contribution in [2.24, 2.45) is 4.99 Å². The SMILES string of the molecule is C.C.C.C.C.C.C.C.C.COCOc1ccc(OC)nc1.COCOc1cnc(OC)cc1C=O.COc1cc(C=Nc2ccc(F)c(Cl)c2)c(O)cn1.COc1cc(C=O)c(O)cn1.COc1cc2c(Nc3ccc(F)c(Cl)c3)c(N)oc2cn1.COc1ccc(B2OC(C)(C)C(C)(C)O2)cn1.COc1ccc(Br)cn1.COc1ccc(O)cn1.COc1ccccn1. The van der Waals surface area contributed by atoms with Crippen molar-refractivity contribution in [3.63, 3.8) is 0 Å². The molecule has 0 amide bonds. The lowest BCUT2D eigenvalue weighted by Crippen LogP contribution is -2.41. The normalized spacial score (nSPS) is 10.7. The zero-order valence-electron chi connectivity index (χ0n) is 67.7. The largest absolute Gasteiger partial charge is 0.506 e. The molecular weight excluding hydrogens is 1780 g/mol. The van der Waals surface area contributed by atoms with Crippen molar-refractivity contribution < 1.29 is 109 Å². The predicted molar refractivity (Wildman–Crippen MR) is 509 cm³/mol. The summed E-state index contributed by atoms with van der Waals surface area (Å²) < 4.78 is 108. The molecular formula is C90H124BBrCl2F2N12O21. The van der Waals surface area contributed by atoms with E-state index in [1.165, 1.54) is 134 Å². The average molecular weight is 1910 g/mol. The summed E-state index contributed by atoms with van der Waals surface area (Å²) in [6, 6.07) is 34.0. The van der Waals surface area contributed by atoms with Crippen LogP contribution in [0.2, 0.25) is 10.0 Å². The van der Waals surface area contributed by atoms with Gasteiger partial charge in [-0.2, -0.15) is 0 Å². The van der Waals surface area contributed by atoms with Gasteiger partial charge in [-0.3, -0.25) is 14.6 Å². The van der Waals surface area contributed by atoms with Crippen LogP contribution < -0.4 is 68.6 Å². The molecule has 0 spiro atoms. The van der Waals surface area contributed by atoms with Crippen LogP contribution in [0, 0.1) is 11.6 Å². The Balaban J connectivity index is -0.000000450. The van der Waals surface area contributed by atoms with Crippen molar-refractivity contribution in [1.29, 1.82) is 0 Å². The molecule has 0 radical (unpaired) electrons. The van der Waals surface area contributed by atoms with E-state index in [4.69, 9.17) is 114 Å². The van der Waals surface area contributed by atoms with Crippen molar-refractivity contribution in [2.45, 2.75) is 106 Å². The summed E-state index contributed by atoms with van der Waals surface area (Å²) in [5.74, 6) is 4.66. The van der Waals surface area contributed by atoms with Crippen LogP contribution >= 0.6 is 39.1 Å². The Morgan fingerprint density at radius 1 is 0.473 bits per heavy atom. The fourth-order valence-corrected chi connectivity index (χ4v) is 9.23. The first-order valence-corrected chi connectivity index (χ1v) is 36.4. The van der Waals surface area contributed by atoms with Gasteiger partial charge in [0.05, 0.1) is 145 Å². The molecule has 12 aromatic rings. The Hall–Kier alpha value is -13.0. The number of anilines is 3. The first kappa shape index (κ1) is 124. The molecule has 13 rings (SSSR count). The van der Waals surface area contributed by atoms with Crippen molar-refractivity contribution >= 4 is 104 Å². The van der Waals surface area contributed by atoms with Gasteiger partial charge in [-0.05, 0) is 110 Å². The number of rotatable bonds is 22. The van der Waals surface area contributed by atoms with Gasteiger partial charge in [-0.25, -0.2) is 53.6 Å². The number of carbonyl (C=O) groups is 2. The highest BCUT2D eigenvalue weighted by atomic mass is 79.9. The van der Waals surface area contributed by atoms with Gasteiger partial charge in [-0.15, -0.1) is 0 Å². The molecule has 1 aliphatic heterocycles. The Morgan fingerprint density at radius 2 is 0.915 bits per heavy atom. The molecule has 1 aliphatic rings. The van der Waals surface area contributed by atoms with Crippen molar-refractivity contribution in [3.05, 3.63) is 226 Å². The summed E-state index contributed by atoms with van der Waals surface area (Å²) in [6.07, 6.45) is 16.0. The number of methoxy groups -OCH3 is 11. The number of nitrogens with two attached hydrogens (primary N) is 1. The maximum Gasteiger partial charge on any atom is 0.496 e. The molecule has 0 saturated carbocycles. The molecule has 0 bridgehead atoms. The zero-order chi connectivity index (χ0) is 88.2. The Labute approximate surface area is 775 Å². The Morgan fingerprint density at radius 3 is 1.36 bits per heavy atom. The number of hydrogen-bond donors (Lipinski definition) is 5. The quantitative estimate of drug-likeness (QED) is 0.0182. The van der Waals surface area contributed by atoms with Gasteiger partial charge >= 0.3 is 7.12 Å². The number of nitrogen functional groups attached to an aromatic ring is 1. The number of aromatic hydroxyl groups is 3. The number of aldehydes is 2. The van der Waals surface area contributed by atoms with Gasteiger partial charge in [-0.1, -0.05) is 102 Å². The smallest absolute Gasteiger partial charge is 0.496 e. The maximum absolute atomic E-state index is 13.2. The number of nitrogens with zero attached hydrogens (tertiary/aromatic N) is 10. The highest BCUT2D eigenvalue weighted by Crippen LogP contribution is 2.38. The van der Waals surface area contributed by atoms with E-state index in [0.29, 0.717) is 116 Å². The second kappa shape index (κ2) is 65.5. The molecule has 1 fully saturated rings. The molecule has 0 unspecified atom stereocenters. The second-order valence-corrected chi connectivity index (χ2v) is 25.8. The minimum absolute atomic E-state index is 0. The Kier molecular flexibility index (Phi) is 63.2. The lowest BCUT2D eigenvalue weighted by molar-refractivity contribution is 0.00578. The van der Waals surface area contributed by atoms with Crippen LogP contribution in [0.3, 0.4) is 0 Å². The molecule has 11 heterocycles. The molecule has 0 atom stereocenters. The first-order chi connectivity index (χ1) is 57.6. The summed E-state index contributed by atoms with van der Waals surface area (Å²) in [7, 11) is 16.5. The van der Waals surface area contributed by atoms with E-state index in [0.717, 1.165) is 9.94 Å². The molecule has 6 N–H and O–H groups in total. The average Bonchev–Trinajstić information content (AvgIpc) is 1.63. The third kappa shape index (κ3) is 42.0. The van der Waals surface area contributed by atoms with Crippen molar-refractivity contribution in [3.8, 4) is 81.7 Å². The molecule has 129 heavy (non-hydrogen) atoms. The number of halogens is 5. The van der Waals surface area contributed by atoms with E-state index >= 15 is 0 Å². The summed E-state index contributed by atoms with van der Waals surface area (Å²) in [4.78, 5) is 60.1. The monoisotopic (exact) mass is 1910 g/mol. The van der Waals surface area contributed by atoms with Gasteiger partial charge in [0.2, 0.25) is 58.8 Å². The molecule has 0 aliphatic carbocycles. The number of furan rings is 1. The Bertz CT molecular complexity index is 5060. The lowest BCUT2D eigenvalue weighted by atomic mass is 9.80. The third-order valence-corrected chi connectivity index (χ3v) is 16.6. The summed E-state index contributed by atoms with van der Waals surface area (Å²) in [6.45, 7) is 8.44. The van der Waals surface area contributed by atoms with Crippen LogP contribution in [0.5, 0.6) is 81.7 Å². The summed E-state index contributed by atoms with van der Waals surface area (Å²) in [5.41, 5.74) is 9.25. The van der Waals surface area contributed by atoms with E-state index in [1.54, 1.807) is 109 Å². The summed E-state index contributed by atoms with van der Waals surface area (Å²) in [5, 5.41) is 31.1. The van der Waals surface area contributed by atoms with Gasteiger partial charge in [0.25, 0.3) is 0 Å². The minimum atomic E-state index is -0.506. The van der Waals surface area contributed by atoms with Crippen LogP contribution in [-0.2, 0) is 18.8 Å². The van der Waals surface area contributed by atoms with E-state index in [9.17, 15) is 23.5 Å². The standard InChI is InChI=1S/C14H11ClFN3O2.C13H10ClFN2O2.C12H18BNO3.C9H11NO4.C8H11NO3.C7H7NO3.C6H6BrNO.C6H7NO2.C6H7NO.9CH4/c1-20-12-5-8-11(6-18-12)21-14(17)13(8)19-7-2-3-10(16)9(15)4-7;1-19-13-4-8(12(18)7-17-13)6-16-9-2-3-11(15)10(14)5-9;1-11(2)12(3,4)17-13(16-11)9-6-7-10(15-5)14-8-9;1-12-6-14-8-4-10-9(13-2)3-7(8)5-11;1-10-6-12-7-3-4-8(11-2)9-5-7;1-11-7-2-5(4-9)6(10)3-8-7;1-9-6-3-2-5(7)4-8-6;1-9-6-3-2-5(8)4-7-6;1-8-6-4-2-3-5-7-6;;;;;;;;;/h2-6,19H,17H2,1H3;2-7,18H,1H3;6-8H,1-5H3;3-5H,6H2,1-2H3;3-5H,6H2,1-2H3;2-4,10H,1H3;2-4H,1H3;2-4,8H,1H3;2-5H,1H3;9*1H4. The van der Waals surface area contributed by atoms with Crippen molar-refractivity contribution in [2.75, 3.05) is 103 Å². The topological polar surface area (TPSA) is 413 Å². The molecule has 708 valence electrons. The van der Waals surface area contributed by atoms with E-state index in [2.05, 4.69) is 71.1 Å². The molecule has 10 aromatic heterocycles. The molecule has 39 heteroatoms. The van der Waals surface area contributed by atoms with Gasteiger partial charge in [0.15, 0.2) is 37.5 Å². The van der Waals surface area contributed by atoms with E-state index < -0.39 is 11.6 Å². The maximum atomic E-state index is 13.2. The number of fused-ring (bicyclic) bond motifs is 1. The number of hydrogen-bond acceptors (Lipinski definition) is 33. The fraction of sp³-hybridized carbons (Fsp3) is 0.311. The first-order valence-electron chi connectivity index (χ1n) is 34.8. The van der Waals surface area contributed by atoms with E-state index in [-0.39, 0.29) is 137 Å². The molecule has 2 aromatic carbocycles. The van der Waals surface area contributed by atoms with Crippen molar-refractivity contribution in [1.82, 2.24) is 44.9 Å². The molecule has 33 nitrogen and oxygen atoms in total.